The van der Waals surface area contributed by atoms with Crippen LogP contribution in [0.3, 0.4) is 0 Å². The topological polar surface area (TPSA) is 116 Å². The highest BCUT2D eigenvalue weighted by Crippen LogP contribution is 2.27. The summed E-state index contributed by atoms with van der Waals surface area (Å²) in [5, 5.41) is 12.3. The van der Waals surface area contributed by atoms with Gasteiger partial charge in [0.1, 0.15) is 0 Å². The fourth-order valence-electron chi connectivity index (χ4n) is 3.37. The molecule has 0 atom stereocenters. The van der Waals surface area contributed by atoms with E-state index >= 15 is 0 Å². The van der Waals surface area contributed by atoms with E-state index in [1.807, 2.05) is 11.6 Å². The molecule has 0 spiro atoms. The van der Waals surface area contributed by atoms with Gasteiger partial charge in [-0.25, -0.2) is 4.68 Å². The van der Waals surface area contributed by atoms with Crippen LogP contribution in [0.15, 0.2) is 10.7 Å². The van der Waals surface area contributed by atoms with E-state index in [0.717, 1.165) is 32.1 Å². The summed E-state index contributed by atoms with van der Waals surface area (Å²) in [6.45, 7) is 6.92. The van der Waals surface area contributed by atoms with Crippen molar-refractivity contribution in [3.63, 3.8) is 0 Å². The Morgan fingerprint density at radius 3 is 2.78 bits per heavy atom. The van der Waals surface area contributed by atoms with E-state index in [9.17, 15) is 4.79 Å². The molecule has 1 aliphatic rings. The fourth-order valence-corrected chi connectivity index (χ4v) is 3.37. The van der Waals surface area contributed by atoms with Crippen molar-refractivity contribution < 1.29 is 9.32 Å². The molecule has 27 heavy (non-hydrogen) atoms. The molecule has 9 nitrogen and oxygen atoms in total. The highest BCUT2D eigenvalue weighted by molar-refractivity contribution is 5.91. The molecule has 1 fully saturated rings. The maximum absolute atomic E-state index is 12.8. The van der Waals surface area contributed by atoms with Crippen molar-refractivity contribution in [1.29, 1.82) is 0 Å². The molecule has 0 aliphatic heterocycles. The van der Waals surface area contributed by atoms with E-state index in [-0.39, 0.29) is 18.0 Å². The van der Waals surface area contributed by atoms with Crippen molar-refractivity contribution in [1.82, 2.24) is 30.0 Å². The van der Waals surface area contributed by atoms with Crippen molar-refractivity contribution >= 4 is 5.91 Å². The fraction of sp³-hybridized carbons (Fsp3) is 0.722. The maximum atomic E-state index is 12.8. The normalized spacial score (nSPS) is 20.2. The molecule has 0 saturated heterocycles. The third-order valence-electron chi connectivity index (χ3n) is 4.94. The van der Waals surface area contributed by atoms with Crippen LogP contribution in [0.1, 0.15) is 74.7 Å². The first-order chi connectivity index (χ1) is 13.0. The van der Waals surface area contributed by atoms with Gasteiger partial charge in [0.2, 0.25) is 5.89 Å². The van der Waals surface area contributed by atoms with Gasteiger partial charge in [0.15, 0.2) is 11.5 Å². The Hall–Kier alpha value is -2.29. The molecule has 2 heterocycles. The molecule has 148 valence electrons. The molecule has 3 rings (SSSR count). The molecule has 2 aromatic heterocycles. The lowest BCUT2D eigenvalue weighted by atomic mass is 9.92. The van der Waals surface area contributed by atoms with Gasteiger partial charge in [-0.05, 0) is 38.5 Å². The molecule has 2 aromatic rings. The molecule has 1 aliphatic carbocycles. The SMILES string of the molecule is CCN(Cc1noc(CC(C)C)n1)C(=O)c1cn(C2CCC(N)CC2)nn1. The van der Waals surface area contributed by atoms with E-state index in [4.69, 9.17) is 10.3 Å². The number of hydrogen-bond acceptors (Lipinski definition) is 7. The minimum absolute atomic E-state index is 0.175. The van der Waals surface area contributed by atoms with Gasteiger partial charge in [0, 0.05) is 19.0 Å². The van der Waals surface area contributed by atoms with Crippen LogP contribution in [0.4, 0.5) is 0 Å². The van der Waals surface area contributed by atoms with Gasteiger partial charge < -0.3 is 15.2 Å². The number of hydrogen-bond donors (Lipinski definition) is 1. The van der Waals surface area contributed by atoms with Gasteiger partial charge in [-0.15, -0.1) is 5.10 Å². The van der Waals surface area contributed by atoms with Gasteiger partial charge in [-0.1, -0.05) is 24.2 Å². The van der Waals surface area contributed by atoms with Gasteiger partial charge >= 0.3 is 0 Å². The summed E-state index contributed by atoms with van der Waals surface area (Å²) in [6, 6.07) is 0.543. The smallest absolute Gasteiger partial charge is 0.276 e. The van der Waals surface area contributed by atoms with Crippen LogP contribution >= 0.6 is 0 Å². The Balaban J connectivity index is 1.63. The number of carbonyl (C=O) groups excluding carboxylic acids is 1. The van der Waals surface area contributed by atoms with E-state index in [1.165, 1.54) is 0 Å². The standard InChI is InChI=1S/C18H29N7O2/c1-4-24(11-16-20-17(27-22-16)9-12(2)3)18(26)15-10-25(23-21-15)14-7-5-13(19)6-8-14/h10,12-14H,4-9,11,19H2,1-3H3. The lowest BCUT2D eigenvalue weighted by Gasteiger charge is -2.25. The molecule has 2 N–H and O–H groups in total. The van der Waals surface area contributed by atoms with E-state index in [2.05, 4.69) is 34.3 Å². The Kier molecular flexibility index (Phi) is 6.20. The van der Waals surface area contributed by atoms with Crippen LogP contribution in [0, 0.1) is 5.92 Å². The zero-order chi connectivity index (χ0) is 19.4. The van der Waals surface area contributed by atoms with Gasteiger partial charge in [-0.3, -0.25) is 4.79 Å². The number of aromatic nitrogens is 5. The van der Waals surface area contributed by atoms with Gasteiger partial charge in [-0.2, -0.15) is 4.98 Å². The summed E-state index contributed by atoms with van der Waals surface area (Å²) in [5.74, 6) is 1.37. The highest BCUT2D eigenvalue weighted by Gasteiger charge is 2.24. The Morgan fingerprint density at radius 1 is 1.37 bits per heavy atom. The first kappa shape index (κ1) is 19.5. The molecule has 9 heteroatoms. The molecule has 0 radical (unpaired) electrons. The van der Waals surface area contributed by atoms with Crippen LogP contribution in [0.2, 0.25) is 0 Å². The zero-order valence-electron chi connectivity index (χ0n) is 16.3. The first-order valence-corrected chi connectivity index (χ1v) is 9.74. The average molecular weight is 375 g/mol. The lowest BCUT2D eigenvalue weighted by Crippen LogP contribution is -2.31. The van der Waals surface area contributed by atoms with Crippen molar-refractivity contribution in [3.05, 3.63) is 23.6 Å². The first-order valence-electron chi connectivity index (χ1n) is 9.74. The number of rotatable bonds is 7. The average Bonchev–Trinajstić information content (AvgIpc) is 3.29. The summed E-state index contributed by atoms with van der Waals surface area (Å²) in [6.07, 6.45) is 6.37. The highest BCUT2D eigenvalue weighted by atomic mass is 16.5. The maximum Gasteiger partial charge on any atom is 0.276 e. The summed E-state index contributed by atoms with van der Waals surface area (Å²) in [7, 11) is 0. The Labute approximate surface area is 159 Å². The number of amides is 1. The number of carbonyl (C=O) groups is 1. The third kappa shape index (κ3) is 4.91. The molecule has 0 aromatic carbocycles. The van der Waals surface area contributed by atoms with Crippen LogP contribution in [-0.2, 0) is 13.0 Å². The third-order valence-corrected chi connectivity index (χ3v) is 4.94. The van der Waals surface area contributed by atoms with Crippen LogP contribution in [0.25, 0.3) is 0 Å². The molecular weight excluding hydrogens is 346 g/mol. The van der Waals surface area contributed by atoms with Gasteiger partial charge in [0.25, 0.3) is 5.91 Å². The van der Waals surface area contributed by atoms with E-state index in [1.54, 1.807) is 11.1 Å². The lowest BCUT2D eigenvalue weighted by molar-refractivity contribution is 0.0741. The van der Waals surface area contributed by atoms with E-state index in [0.29, 0.717) is 36.4 Å². The zero-order valence-corrected chi connectivity index (χ0v) is 16.3. The Morgan fingerprint density at radius 2 is 2.11 bits per heavy atom. The molecule has 1 saturated carbocycles. The minimum Gasteiger partial charge on any atom is -0.339 e. The molecular formula is C18H29N7O2. The quantitative estimate of drug-likeness (QED) is 0.786. The number of nitrogens with two attached hydrogens (primary N) is 1. The van der Waals surface area contributed by atoms with E-state index < -0.39 is 0 Å². The van der Waals surface area contributed by atoms with Crippen LogP contribution in [-0.4, -0.2) is 48.5 Å². The summed E-state index contributed by atoms with van der Waals surface area (Å²) < 4.78 is 7.06. The van der Waals surface area contributed by atoms with Crippen molar-refractivity contribution in [3.8, 4) is 0 Å². The summed E-state index contributed by atoms with van der Waals surface area (Å²) in [4.78, 5) is 18.8. The van der Waals surface area contributed by atoms with Gasteiger partial charge in [0.05, 0.1) is 18.8 Å². The van der Waals surface area contributed by atoms with Crippen molar-refractivity contribution in [2.75, 3.05) is 6.54 Å². The predicted octanol–water partition coefficient (Wildman–Crippen LogP) is 1.96. The number of nitrogens with zero attached hydrogens (tertiary/aromatic N) is 6. The predicted molar refractivity (Wildman–Crippen MR) is 98.8 cm³/mol. The second-order valence-corrected chi connectivity index (χ2v) is 7.67. The molecule has 1 amide bonds. The minimum atomic E-state index is -0.175. The molecule has 0 bridgehead atoms. The second-order valence-electron chi connectivity index (χ2n) is 7.67. The summed E-state index contributed by atoms with van der Waals surface area (Å²) >= 11 is 0. The van der Waals surface area contributed by atoms with Crippen LogP contribution in [0.5, 0.6) is 0 Å². The Bertz CT molecular complexity index is 746. The summed E-state index contributed by atoms with van der Waals surface area (Å²) in [5.41, 5.74) is 6.31. The largest absolute Gasteiger partial charge is 0.339 e. The van der Waals surface area contributed by atoms with Crippen molar-refractivity contribution in [2.24, 2.45) is 11.7 Å². The van der Waals surface area contributed by atoms with Crippen molar-refractivity contribution in [2.45, 2.75) is 71.5 Å². The second kappa shape index (κ2) is 8.60. The monoisotopic (exact) mass is 375 g/mol. The molecule has 0 unspecified atom stereocenters. The van der Waals surface area contributed by atoms with Crippen LogP contribution < -0.4 is 5.73 Å².